The van der Waals surface area contributed by atoms with Crippen molar-refractivity contribution in [1.82, 2.24) is 15.0 Å². The van der Waals surface area contributed by atoms with Crippen molar-refractivity contribution in [1.29, 1.82) is 5.26 Å². The molecule has 3 rings (SSSR count). The number of hydrogen-bond acceptors (Lipinski definition) is 7. The maximum Gasteiger partial charge on any atom is 0.415 e. The van der Waals surface area contributed by atoms with Crippen molar-refractivity contribution in [3.05, 3.63) is 35.2 Å². The molecule has 1 N–H and O–H groups in total. The number of aromatic nitrogens is 3. The first kappa shape index (κ1) is 14.0. The largest absolute Gasteiger partial charge is 0.447 e. The monoisotopic (exact) mass is 316 g/mol. The average molecular weight is 317 g/mol. The standard InChI is InChI=1S/C13H9ClN6O2/c14-12-16-7-8(6-15)11(19-12)18-9-2-1-3-10(17-9)20-4-5-22-13(20)21/h1-3,7H,4-5H2,(H,16,17,18,19). The number of carbonyl (C=O) groups is 1. The van der Waals surface area contributed by atoms with Gasteiger partial charge >= 0.3 is 6.09 Å². The molecular weight excluding hydrogens is 308 g/mol. The molecule has 3 heterocycles. The van der Waals surface area contributed by atoms with Gasteiger partial charge in [0.05, 0.1) is 12.7 Å². The van der Waals surface area contributed by atoms with Crippen molar-refractivity contribution in [3.63, 3.8) is 0 Å². The summed E-state index contributed by atoms with van der Waals surface area (Å²) in [6, 6.07) is 7.06. The molecule has 1 fully saturated rings. The summed E-state index contributed by atoms with van der Waals surface area (Å²) < 4.78 is 4.88. The topological polar surface area (TPSA) is 104 Å². The Hall–Kier alpha value is -2.92. The Morgan fingerprint density at radius 2 is 2.27 bits per heavy atom. The minimum absolute atomic E-state index is 0.0146. The summed E-state index contributed by atoms with van der Waals surface area (Å²) in [4.78, 5) is 25.0. The molecule has 1 aliphatic heterocycles. The van der Waals surface area contributed by atoms with Gasteiger partial charge < -0.3 is 10.1 Å². The van der Waals surface area contributed by atoms with E-state index in [1.54, 1.807) is 18.2 Å². The highest BCUT2D eigenvalue weighted by molar-refractivity contribution is 6.28. The fourth-order valence-corrected chi connectivity index (χ4v) is 2.04. The summed E-state index contributed by atoms with van der Waals surface area (Å²) >= 11 is 5.73. The van der Waals surface area contributed by atoms with Crippen molar-refractivity contribution < 1.29 is 9.53 Å². The van der Waals surface area contributed by atoms with E-state index >= 15 is 0 Å². The lowest BCUT2D eigenvalue weighted by atomic mass is 10.3. The molecule has 0 spiro atoms. The first-order valence-corrected chi connectivity index (χ1v) is 6.66. The number of rotatable bonds is 3. The van der Waals surface area contributed by atoms with Gasteiger partial charge in [-0.2, -0.15) is 10.2 Å². The van der Waals surface area contributed by atoms with Crippen LogP contribution < -0.4 is 10.2 Å². The van der Waals surface area contributed by atoms with Crippen LogP contribution in [0.2, 0.25) is 5.28 Å². The van der Waals surface area contributed by atoms with E-state index < -0.39 is 6.09 Å². The summed E-state index contributed by atoms with van der Waals surface area (Å²) in [5.41, 5.74) is 0.234. The smallest absolute Gasteiger partial charge is 0.415 e. The third-order valence-corrected chi connectivity index (χ3v) is 3.08. The molecule has 0 radical (unpaired) electrons. The van der Waals surface area contributed by atoms with E-state index in [-0.39, 0.29) is 16.7 Å². The maximum atomic E-state index is 11.6. The molecule has 1 amide bonds. The van der Waals surface area contributed by atoms with E-state index in [9.17, 15) is 4.79 Å². The molecule has 0 aromatic carbocycles. The molecule has 0 unspecified atom stereocenters. The van der Waals surface area contributed by atoms with Crippen LogP contribution in [-0.4, -0.2) is 34.2 Å². The molecule has 2 aromatic rings. The molecule has 0 aliphatic carbocycles. The van der Waals surface area contributed by atoms with Gasteiger partial charge in [0.15, 0.2) is 5.82 Å². The van der Waals surface area contributed by atoms with Gasteiger partial charge in [-0.05, 0) is 23.7 Å². The molecule has 0 saturated carbocycles. The molecule has 22 heavy (non-hydrogen) atoms. The van der Waals surface area contributed by atoms with E-state index in [1.807, 2.05) is 6.07 Å². The minimum Gasteiger partial charge on any atom is -0.447 e. The van der Waals surface area contributed by atoms with Crippen molar-refractivity contribution in [2.24, 2.45) is 0 Å². The highest BCUT2D eigenvalue weighted by atomic mass is 35.5. The van der Waals surface area contributed by atoms with Gasteiger partial charge in [-0.1, -0.05) is 6.07 Å². The Morgan fingerprint density at radius 1 is 1.41 bits per heavy atom. The highest BCUT2D eigenvalue weighted by Gasteiger charge is 2.24. The maximum absolute atomic E-state index is 11.6. The van der Waals surface area contributed by atoms with Crippen LogP contribution in [0.1, 0.15) is 5.56 Å². The third kappa shape index (κ3) is 2.75. The molecule has 1 saturated heterocycles. The van der Waals surface area contributed by atoms with Gasteiger partial charge in [0.2, 0.25) is 5.28 Å². The SMILES string of the molecule is N#Cc1cnc(Cl)nc1Nc1cccc(N2CCOC2=O)n1. The average Bonchev–Trinajstić information content (AvgIpc) is 2.94. The normalized spacial score (nSPS) is 13.6. The molecule has 9 heteroatoms. The van der Waals surface area contributed by atoms with Crippen molar-refractivity contribution in [3.8, 4) is 6.07 Å². The van der Waals surface area contributed by atoms with Gasteiger partial charge in [-0.15, -0.1) is 0 Å². The van der Waals surface area contributed by atoms with Crippen LogP contribution in [0.15, 0.2) is 24.4 Å². The molecular formula is C13H9ClN6O2. The van der Waals surface area contributed by atoms with Crippen LogP contribution in [0.3, 0.4) is 0 Å². The first-order chi connectivity index (χ1) is 10.7. The molecule has 110 valence electrons. The number of cyclic esters (lactones) is 1. The first-order valence-electron chi connectivity index (χ1n) is 6.28. The van der Waals surface area contributed by atoms with Gasteiger partial charge in [-0.25, -0.2) is 14.8 Å². The number of pyridine rings is 1. The van der Waals surface area contributed by atoms with E-state index in [0.717, 1.165) is 0 Å². The number of ether oxygens (including phenoxy) is 1. The van der Waals surface area contributed by atoms with Gasteiger partial charge in [0.25, 0.3) is 0 Å². The van der Waals surface area contributed by atoms with Crippen LogP contribution in [0.4, 0.5) is 22.2 Å². The summed E-state index contributed by atoms with van der Waals surface area (Å²) in [6.45, 7) is 0.774. The number of halogens is 1. The number of nitrogens with one attached hydrogen (secondary N) is 1. The van der Waals surface area contributed by atoms with Crippen molar-refractivity contribution >= 4 is 35.1 Å². The summed E-state index contributed by atoms with van der Waals surface area (Å²) in [5, 5.41) is 12.0. The Kier molecular flexibility index (Phi) is 3.72. The van der Waals surface area contributed by atoms with Crippen LogP contribution in [0, 0.1) is 11.3 Å². The number of nitrogens with zero attached hydrogens (tertiary/aromatic N) is 5. The lowest BCUT2D eigenvalue weighted by molar-refractivity contribution is 0.181. The van der Waals surface area contributed by atoms with E-state index in [2.05, 4.69) is 20.3 Å². The number of carbonyl (C=O) groups excluding carboxylic acids is 1. The Morgan fingerprint density at radius 3 is 3.00 bits per heavy atom. The molecule has 8 nitrogen and oxygen atoms in total. The zero-order chi connectivity index (χ0) is 15.5. The van der Waals surface area contributed by atoms with Crippen LogP contribution in [-0.2, 0) is 4.74 Å². The molecule has 0 atom stereocenters. The summed E-state index contributed by atoms with van der Waals surface area (Å²) in [5.74, 6) is 1.12. The zero-order valence-electron chi connectivity index (χ0n) is 11.2. The van der Waals surface area contributed by atoms with Gasteiger partial charge in [0, 0.05) is 0 Å². The Balaban J connectivity index is 1.89. The fraction of sp³-hybridized carbons (Fsp3) is 0.154. The second-order valence-electron chi connectivity index (χ2n) is 4.29. The number of anilines is 3. The van der Waals surface area contributed by atoms with E-state index in [1.165, 1.54) is 11.1 Å². The second kappa shape index (κ2) is 5.83. The second-order valence-corrected chi connectivity index (χ2v) is 4.62. The van der Waals surface area contributed by atoms with E-state index in [0.29, 0.717) is 24.8 Å². The highest BCUT2D eigenvalue weighted by Crippen LogP contribution is 2.22. The third-order valence-electron chi connectivity index (χ3n) is 2.90. The number of hydrogen-bond donors (Lipinski definition) is 1. The number of nitriles is 1. The molecule has 1 aliphatic rings. The number of amides is 1. The molecule has 0 bridgehead atoms. The Bertz CT molecular complexity index is 775. The lowest BCUT2D eigenvalue weighted by Crippen LogP contribution is -2.24. The van der Waals surface area contributed by atoms with E-state index in [4.69, 9.17) is 21.6 Å². The predicted molar refractivity (Wildman–Crippen MR) is 78.0 cm³/mol. The van der Waals surface area contributed by atoms with Gasteiger partial charge in [0.1, 0.15) is 29.9 Å². The minimum atomic E-state index is -0.438. The van der Waals surface area contributed by atoms with Crippen LogP contribution in [0.25, 0.3) is 0 Å². The summed E-state index contributed by atoms with van der Waals surface area (Å²) in [7, 11) is 0. The van der Waals surface area contributed by atoms with Crippen LogP contribution in [0.5, 0.6) is 0 Å². The quantitative estimate of drug-likeness (QED) is 0.864. The van der Waals surface area contributed by atoms with Crippen LogP contribution >= 0.6 is 11.6 Å². The fourth-order valence-electron chi connectivity index (χ4n) is 1.90. The van der Waals surface area contributed by atoms with Crippen molar-refractivity contribution in [2.75, 3.05) is 23.4 Å². The zero-order valence-corrected chi connectivity index (χ0v) is 11.9. The molecule has 2 aromatic heterocycles. The van der Waals surface area contributed by atoms with Gasteiger partial charge in [-0.3, -0.25) is 4.90 Å². The lowest BCUT2D eigenvalue weighted by Gasteiger charge is -2.13. The summed E-state index contributed by atoms with van der Waals surface area (Å²) in [6.07, 6.45) is 0.881. The van der Waals surface area contributed by atoms with Crippen molar-refractivity contribution in [2.45, 2.75) is 0 Å². The Labute approximate surface area is 130 Å². The predicted octanol–water partition coefficient (Wildman–Crippen LogP) is 2.10.